The van der Waals surface area contributed by atoms with Gasteiger partial charge in [0.2, 0.25) is 0 Å². The second-order valence-electron chi connectivity index (χ2n) is 5.42. The summed E-state index contributed by atoms with van der Waals surface area (Å²) in [5.74, 6) is 1.11. The second kappa shape index (κ2) is 7.88. The molecule has 4 heteroatoms. The SMILES string of the molecule is O=c1oc(-c2ccccc2)cc(O)c1SCCCc1ccccc1. The van der Waals surface area contributed by atoms with E-state index < -0.39 is 5.63 Å². The molecule has 0 aliphatic rings. The van der Waals surface area contributed by atoms with Crippen LogP contribution in [0.25, 0.3) is 11.3 Å². The quantitative estimate of drug-likeness (QED) is 0.521. The molecule has 0 spiro atoms. The van der Waals surface area contributed by atoms with Crippen LogP contribution in [0.4, 0.5) is 0 Å². The van der Waals surface area contributed by atoms with Crippen LogP contribution in [-0.2, 0) is 6.42 Å². The van der Waals surface area contributed by atoms with Crippen LogP contribution in [0, 0.1) is 0 Å². The maximum Gasteiger partial charge on any atom is 0.353 e. The van der Waals surface area contributed by atoms with Crippen molar-refractivity contribution in [2.75, 3.05) is 5.75 Å². The fourth-order valence-corrected chi connectivity index (χ4v) is 3.30. The smallest absolute Gasteiger partial charge is 0.353 e. The highest BCUT2D eigenvalue weighted by molar-refractivity contribution is 7.99. The Morgan fingerprint density at radius 1 is 0.958 bits per heavy atom. The molecular formula is C20H18O3S. The number of aryl methyl sites for hydroxylation is 1. The lowest BCUT2D eigenvalue weighted by Crippen LogP contribution is -2.03. The molecule has 0 aliphatic heterocycles. The van der Waals surface area contributed by atoms with Crippen LogP contribution >= 0.6 is 11.8 Å². The maximum absolute atomic E-state index is 12.2. The summed E-state index contributed by atoms with van der Waals surface area (Å²) in [6, 6.07) is 21.0. The molecule has 1 aromatic heterocycles. The Hall–Kier alpha value is -2.46. The van der Waals surface area contributed by atoms with Crippen molar-refractivity contribution < 1.29 is 9.52 Å². The third-order valence-electron chi connectivity index (χ3n) is 3.65. The highest BCUT2D eigenvalue weighted by Gasteiger charge is 2.12. The van der Waals surface area contributed by atoms with Gasteiger partial charge < -0.3 is 9.52 Å². The molecule has 0 bridgehead atoms. The predicted molar refractivity (Wildman–Crippen MR) is 97.6 cm³/mol. The number of aromatic hydroxyl groups is 1. The lowest BCUT2D eigenvalue weighted by Gasteiger charge is -2.06. The van der Waals surface area contributed by atoms with Crippen molar-refractivity contribution in [3.05, 3.63) is 82.7 Å². The molecule has 24 heavy (non-hydrogen) atoms. The van der Waals surface area contributed by atoms with E-state index >= 15 is 0 Å². The monoisotopic (exact) mass is 338 g/mol. The first-order chi connectivity index (χ1) is 11.7. The number of hydrogen-bond acceptors (Lipinski definition) is 4. The van der Waals surface area contributed by atoms with Gasteiger partial charge in [-0.05, 0) is 24.2 Å². The third kappa shape index (κ3) is 4.09. The molecule has 0 unspecified atom stereocenters. The zero-order valence-corrected chi connectivity index (χ0v) is 14.0. The van der Waals surface area contributed by atoms with Gasteiger partial charge in [0.25, 0.3) is 0 Å². The number of rotatable bonds is 6. The van der Waals surface area contributed by atoms with E-state index in [1.165, 1.54) is 23.4 Å². The molecule has 0 amide bonds. The molecule has 0 atom stereocenters. The van der Waals surface area contributed by atoms with Crippen LogP contribution in [0.15, 0.2) is 80.8 Å². The van der Waals surface area contributed by atoms with Gasteiger partial charge >= 0.3 is 5.63 Å². The predicted octanol–water partition coefficient (Wildman–Crippen LogP) is 4.74. The highest BCUT2D eigenvalue weighted by Crippen LogP contribution is 2.30. The summed E-state index contributed by atoms with van der Waals surface area (Å²) in [6.45, 7) is 0. The van der Waals surface area contributed by atoms with Crippen LogP contribution in [-0.4, -0.2) is 10.9 Å². The van der Waals surface area contributed by atoms with Gasteiger partial charge in [-0.2, -0.15) is 0 Å². The van der Waals surface area contributed by atoms with Gasteiger partial charge in [0.15, 0.2) is 0 Å². The number of thioether (sulfide) groups is 1. The average Bonchev–Trinajstić information content (AvgIpc) is 2.62. The van der Waals surface area contributed by atoms with Crippen molar-refractivity contribution >= 4 is 11.8 Å². The molecule has 3 nitrogen and oxygen atoms in total. The van der Waals surface area contributed by atoms with Gasteiger partial charge in [-0.25, -0.2) is 4.79 Å². The van der Waals surface area contributed by atoms with E-state index in [1.54, 1.807) is 0 Å². The highest BCUT2D eigenvalue weighted by atomic mass is 32.2. The summed E-state index contributed by atoms with van der Waals surface area (Å²) in [7, 11) is 0. The topological polar surface area (TPSA) is 50.4 Å². The molecule has 122 valence electrons. The van der Waals surface area contributed by atoms with E-state index in [4.69, 9.17) is 4.42 Å². The number of benzene rings is 2. The van der Waals surface area contributed by atoms with Crippen LogP contribution in [0.3, 0.4) is 0 Å². The van der Waals surface area contributed by atoms with Gasteiger partial charge in [0.05, 0.1) is 0 Å². The van der Waals surface area contributed by atoms with Crippen molar-refractivity contribution in [2.24, 2.45) is 0 Å². The lowest BCUT2D eigenvalue weighted by atomic mass is 10.1. The minimum Gasteiger partial charge on any atom is -0.506 e. The van der Waals surface area contributed by atoms with Crippen LogP contribution < -0.4 is 5.63 Å². The summed E-state index contributed by atoms with van der Waals surface area (Å²) in [6.07, 6.45) is 1.87. The van der Waals surface area contributed by atoms with Crippen molar-refractivity contribution in [1.29, 1.82) is 0 Å². The van der Waals surface area contributed by atoms with Crippen LogP contribution in [0.1, 0.15) is 12.0 Å². The second-order valence-corrected chi connectivity index (χ2v) is 6.52. The van der Waals surface area contributed by atoms with Crippen molar-refractivity contribution in [3.8, 4) is 17.1 Å². The first-order valence-electron chi connectivity index (χ1n) is 7.83. The summed E-state index contributed by atoms with van der Waals surface area (Å²) in [5.41, 5.74) is 1.55. The van der Waals surface area contributed by atoms with Crippen LogP contribution in [0.2, 0.25) is 0 Å². The van der Waals surface area contributed by atoms with E-state index in [1.807, 2.05) is 48.5 Å². The molecule has 2 aromatic carbocycles. The standard InChI is InChI=1S/C20H18O3S/c21-17-14-18(16-11-5-2-6-12-16)23-20(22)19(17)24-13-7-10-15-8-3-1-4-9-15/h1-6,8-9,11-12,14,21H,7,10,13H2. The van der Waals surface area contributed by atoms with Gasteiger partial charge in [-0.3, -0.25) is 0 Å². The van der Waals surface area contributed by atoms with Gasteiger partial charge in [0.1, 0.15) is 16.4 Å². The Morgan fingerprint density at radius 3 is 2.29 bits per heavy atom. The van der Waals surface area contributed by atoms with E-state index in [0.717, 1.165) is 24.2 Å². The molecule has 0 fully saturated rings. The normalized spacial score (nSPS) is 10.7. The number of hydrogen-bond donors (Lipinski definition) is 1. The fourth-order valence-electron chi connectivity index (χ4n) is 2.44. The van der Waals surface area contributed by atoms with Crippen LogP contribution in [0.5, 0.6) is 5.75 Å². The van der Waals surface area contributed by atoms with Gasteiger partial charge in [-0.15, -0.1) is 11.8 Å². The Labute approximate surface area is 145 Å². The molecule has 3 aromatic rings. The molecule has 3 rings (SSSR count). The van der Waals surface area contributed by atoms with E-state index in [0.29, 0.717) is 5.76 Å². The van der Waals surface area contributed by atoms with E-state index in [2.05, 4.69) is 12.1 Å². The fraction of sp³-hybridized carbons (Fsp3) is 0.150. The molecular weight excluding hydrogens is 320 g/mol. The Morgan fingerprint density at radius 2 is 1.62 bits per heavy atom. The Bertz CT molecular complexity index is 842. The van der Waals surface area contributed by atoms with Crippen molar-refractivity contribution in [2.45, 2.75) is 17.7 Å². The zero-order valence-electron chi connectivity index (χ0n) is 13.1. The maximum atomic E-state index is 12.2. The third-order valence-corrected chi connectivity index (χ3v) is 4.80. The molecule has 0 aliphatic carbocycles. The Balaban J connectivity index is 1.65. The summed E-state index contributed by atoms with van der Waals surface area (Å²) < 4.78 is 5.35. The largest absolute Gasteiger partial charge is 0.506 e. The summed E-state index contributed by atoms with van der Waals surface area (Å²) >= 11 is 1.34. The lowest BCUT2D eigenvalue weighted by molar-refractivity contribution is 0.430. The minimum atomic E-state index is -0.487. The van der Waals surface area contributed by atoms with Crippen molar-refractivity contribution in [3.63, 3.8) is 0 Å². The first-order valence-corrected chi connectivity index (χ1v) is 8.82. The van der Waals surface area contributed by atoms with Gasteiger partial charge in [-0.1, -0.05) is 60.7 Å². The molecule has 1 N–H and O–H groups in total. The van der Waals surface area contributed by atoms with Crippen molar-refractivity contribution in [1.82, 2.24) is 0 Å². The molecule has 1 heterocycles. The van der Waals surface area contributed by atoms with E-state index in [9.17, 15) is 9.90 Å². The molecule has 0 saturated carbocycles. The summed E-state index contributed by atoms with van der Waals surface area (Å²) in [4.78, 5) is 12.4. The van der Waals surface area contributed by atoms with E-state index in [-0.39, 0.29) is 10.6 Å². The molecule has 0 radical (unpaired) electrons. The Kier molecular flexibility index (Phi) is 5.39. The summed E-state index contributed by atoms with van der Waals surface area (Å²) in [5, 5.41) is 10.2. The minimum absolute atomic E-state index is 0.0187. The molecule has 0 saturated heterocycles. The first kappa shape index (κ1) is 16.4. The average molecular weight is 338 g/mol. The van der Waals surface area contributed by atoms with Gasteiger partial charge in [0, 0.05) is 11.6 Å². The zero-order chi connectivity index (χ0) is 16.8.